The summed E-state index contributed by atoms with van der Waals surface area (Å²) in [5, 5.41) is 3.66. The lowest BCUT2D eigenvalue weighted by Crippen LogP contribution is -2.37. The van der Waals surface area contributed by atoms with E-state index in [9.17, 15) is 4.79 Å². The minimum atomic E-state index is -0.134. The number of amides is 1. The summed E-state index contributed by atoms with van der Waals surface area (Å²) < 4.78 is 0. The van der Waals surface area contributed by atoms with Gasteiger partial charge in [0.25, 0.3) is 0 Å². The molecular formula is C15H23ClN2O. The summed E-state index contributed by atoms with van der Waals surface area (Å²) in [6.45, 7) is 6.49. The molecule has 3 nitrogen and oxygen atoms in total. The Labute approximate surface area is 120 Å². The molecule has 2 atom stereocenters. The van der Waals surface area contributed by atoms with Crippen LogP contribution < -0.4 is 11.1 Å². The minimum Gasteiger partial charge on any atom is -0.349 e. The van der Waals surface area contributed by atoms with Crippen LogP contribution in [0.1, 0.15) is 38.8 Å². The number of hydrogen-bond acceptors (Lipinski definition) is 2. The van der Waals surface area contributed by atoms with Crippen LogP contribution in [0.3, 0.4) is 0 Å². The number of carbonyl (C=O) groups is 1. The highest BCUT2D eigenvalue weighted by molar-refractivity contribution is 6.31. The molecule has 1 unspecified atom stereocenters. The van der Waals surface area contributed by atoms with Crippen LogP contribution in [0, 0.1) is 11.8 Å². The molecule has 1 amide bonds. The van der Waals surface area contributed by atoms with Gasteiger partial charge < -0.3 is 11.1 Å². The molecule has 0 aliphatic carbocycles. The first kappa shape index (κ1) is 16.0. The molecule has 0 radical (unpaired) electrons. The summed E-state index contributed by atoms with van der Waals surface area (Å²) in [6, 6.07) is 7.43. The van der Waals surface area contributed by atoms with Crippen molar-refractivity contribution in [2.24, 2.45) is 17.6 Å². The number of hydrogen-bond donors (Lipinski definition) is 2. The van der Waals surface area contributed by atoms with Gasteiger partial charge in [-0.1, -0.05) is 43.6 Å². The lowest BCUT2D eigenvalue weighted by atomic mass is 9.96. The maximum absolute atomic E-state index is 12.2. The van der Waals surface area contributed by atoms with Crippen molar-refractivity contribution in [2.45, 2.75) is 33.2 Å². The summed E-state index contributed by atoms with van der Waals surface area (Å²) in [4.78, 5) is 12.2. The molecule has 3 N–H and O–H groups in total. The van der Waals surface area contributed by atoms with Crippen molar-refractivity contribution in [3.8, 4) is 0 Å². The molecule has 0 saturated carbocycles. The lowest BCUT2D eigenvalue weighted by Gasteiger charge is -2.21. The van der Waals surface area contributed by atoms with Crippen LogP contribution in [0.15, 0.2) is 24.3 Å². The van der Waals surface area contributed by atoms with Crippen molar-refractivity contribution in [1.29, 1.82) is 0 Å². The van der Waals surface area contributed by atoms with Crippen LogP contribution in [-0.4, -0.2) is 12.5 Å². The number of nitrogens with one attached hydrogen (secondary N) is 1. The van der Waals surface area contributed by atoms with Gasteiger partial charge in [-0.05, 0) is 30.9 Å². The zero-order valence-electron chi connectivity index (χ0n) is 11.8. The van der Waals surface area contributed by atoms with Gasteiger partial charge in [0, 0.05) is 11.6 Å². The Bertz CT molecular complexity index is 420. The average Bonchev–Trinajstić information content (AvgIpc) is 2.35. The van der Waals surface area contributed by atoms with Crippen molar-refractivity contribution in [3.63, 3.8) is 0 Å². The molecule has 0 fully saturated rings. The van der Waals surface area contributed by atoms with Gasteiger partial charge in [-0.3, -0.25) is 4.79 Å². The Morgan fingerprint density at radius 2 is 1.95 bits per heavy atom. The predicted molar refractivity (Wildman–Crippen MR) is 80.0 cm³/mol. The summed E-state index contributed by atoms with van der Waals surface area (Å²) in [5.41, 5.74) is 6.61. The molecule has 0 aromatic heterocycles. The normalized spacial score (nSPS) is 14.2. The van der Waals surface area contributed by atoms with Crippen molar-refractivity contribution in [1.82, 2.24) is 5.32 Å². The summed E-state index contributed by atoms with van der Waals surface area (Å²) in [6.07, 6.45) is 0.803. The monoisotopic (exact) mass is 282 g/mol. The number of nitrogens with two attached hydrogens (primary N) is 1. The number of rotatable bonds is 6. The van der Waals surface area contributed by atoms with E-state index in [1.54, 1.807) is 0 Å². The third-order valence-corrected chi connectivity index (χ3v) is 3.49. The third kappa shape index (κ3) is 4.84. The standard InChI is InChI=1S/C15H23ClN2O/c1-10(2)8-12(9-17)15(19)18-11(3)13-6-4-5-7-14(13)16/h4-7,10-12H,8-9,17H2,1-3H3,(H,18,19)/t11-,12?/m0/s1. The second-order valence-electron chi connectivity index (χ2n) is 5.31. The Hall–Kier alpha value is -1.06. The topological polar surface area (TPSA) is 55.1 Å². The molecule has 0 aliphatic rings. The van der Waals surface area contributed by atoms with Crippen LogP contribution in [0.4, 0.5) is 0 Å². The van der Waals surface area contributed by atoms with Gasteiger partial charge in [-0.2, -0.15) is 0 Å². The average molecular weight is 283 g/mol. The number of halogens is 1. The van der Waals surface area contributed by atoms with E-state index in [1.807, 2.05) is 31.2 Å². The highest BCUT2D eigenvalue weighted by atomic mass is 35.5. The maximum Gasteiger partial charge on any atom is 0.224 e. The fourth-order valence-corrected chi connectivity index (χ4v) is 2.41. The second kappa shape index (κ2) is 7.51. The first-order valence-electron chi connectivity index (χ1n) is 6.70. The molecular weight excluding hydrogens is 260 g/mol. The number of benzene rings is 1. The van der Waals surface area contributed by atoms with Gasteiger partial charge in [0.05, 0.1) is 12.0 Å². The molecule has 4 heteroatoms. The van der Waals surface area contributed by atoms with Crippen molar-refractivity contribution in [2.75, 3.05) is 6.54 Å². The highest BCUT2D eigenvalue weighted by Gasteiger charge is 2.20. The van der Waals surface area contributed by atoms with E-state index in [-0.39, 0.29) is 17.9 Å². The van der Waals surface area contributed by atoms with E-state index in [0.29, 0.717) is 17.5 Å². The summed E-state index contributed by atoms with van der Waals surface area (Å²) >= 11 is 6.12. The van der Waals surface area contributed by atoms with E-state index in [4.69, 9.17) is 17.3 Å². The van der Waals surface area contributed by atoms with Crippen LogP contribution >= 0.6 is 11.6 Å². The van der Waals surface area contributed by atoms with Gasteiger partial charge in [0.15, 0.2) is 0 Å². The second-order valence-corrected chi connectivity index (χ2v) is 5.72. The van der Waals surface area contributed by atoms with Gasteiger partial charge >= 0.3 is 0 Å². The molecule has 0 heterocycles. The molecule has 0 spiro atoms. The predicted octanol–water partition coefficient (Wildman–Crippen LogP) is 3.14. The van der Waals surface area contributed by atoms with E-state index in [0.717, 1.165) is 12.0 Å². The fourth-order valence-electron chi connectivity index (χ4n) is 2.11. The molecule has 0 bridgehead atoms. The first-order chi connectivity index (χ1) is 8.95. The largest absolute Gasteiger partial charge is 0.349 e. The van der Waals surface area contributed by atoms with Crippen LogP contribution in [0.5, 0.6) is 0 Å². The first-order valence-corrected chi connectivity index (χ1v) is 7.08. The van der Waals surface area contributed by atoms with Gasteiger partial charge in [-0.25, -0.2) is 0 Å². The minimum absolute atomic E-state index is 0.00335. The van der Waals surface area contributed by atoms with Crippen LogP contribution in [0.2, 0.25) is 5.02 Å². The Morgan fingerprint density at radius 3 is 2.47 bits per heavy atom. The summed E-state index contributed by atoms with van der Waals surface area (Å²) in [7, 11) is 0. The van der Waals surface area contributed by atoms with Gasteiger partial charge in [-0.15, -0.1) is 0 Å². The van der Waals surface area contributed by atoms with E-state index < -0.39 is 0 Å². The van der Waals surface area contributed by atoms with Crippen molar-refractivity contribution < 1.29 is 4.79 Å². The zero-order chi connectivity index (χ0) is 14.4. The van der Waals surface area contributed by atoms with E-state index in [2.05, 4.69) is 19.2 Å². The smallest absolute Gasteiger partial charge is 0.224 e. The quantitative estimate of drug-likeness (QED) is 0.842. The Balaban J connectivity index is 2.68. The Kier molecular flexibility index (Phi) is 6.32. The number of carbonyl (C=O) groups excluding carboxylic acids is 1. The van der Waals surface area contributed by atoms with Gasteiger partial charge in [0.2, 0.25) is 5.91 Å². The zero-order valence-corrected chi connectivity index (χ0v) is 12.6. The van der Waals surface area contributed by atoms with E-state index >= 15 is 0 Å². The molecule has 0 aliphatic heterocycles. The SMILES string of the molecule is CC(C)CC(CN)C(=O)N[C@@H](C)c1ccccc1Cl. The Morgan fingerprint density at radius 1 is 1.32 bits per heavy atom. The summed E-state index contributed by atoms with van der Waals surface area (Å²) in [5.74, 6) is 0.323. The van der Waals surface area contributed by atoms with Crippen LogP contribution in [0.25, 0.3) is 0 Å². The molecule has 1 rings (SSSR count). The van der Waals surface area contributed by atoms with Crippen molar-refractivity contribution in [3.05, 3.63) is 34.9 Å². The molecule has 1 aromatic rings. The highest BCUT2D eigenvalue weighted by Crippen LogP contribution is 2.22. The van der Waals surface area contributed by atoms with E-state index in [1.165, 1.54) is 0 Å². The van der Waals surface area contributed by atoms with Crippen LogP contribution in [-0.2, 0) is 4.79 Å². The molecule has 106 valence electrons. The fraction of sp³-hybridized carbons (Fsp3) is 0.533. The maximum atomic E-state index is 12.2. The lowest BCUT2D eigenvalue weighted by molar-refractivity contribution is -0.125. The van der Waals surface area contributed by atoms with Crippen molar-refractivity contribution >= 4 is 17.5 Å². The molecule has 0 saturated heterocycles. The molecule has 1 aromatic carbocycles. The third-order valence-electron chi connectivity index (χ3n) is 3.14. The van der Waals surface area contributed by atoms with Gasteiger partial charge in [0.1, 0.15) is 0 Å². The molecule has 19 heavy (non-hydrogen) atoms.